The highest BCUT2D eigenvalue weighted by Crippen LogP contribution is 2.26. The van der Waals surface area contributed by atoms with Crippen LogP contribution in [0.5, 0.6) is 0 Å². The van der Waals surface area contributed by atoms with Gasteiger partial charge in [-0.1, -0.05) is 0 Å². The van der Waals surface area contributed by atoms with Crippen molar-refractivity contribution in [2.45, 2.75) is 56.4 Å². The zero-order valence-corrected chi connectivity index (χ0v) is 11.0. The van der Waals surface area contributed by atoms with Crippen LogP contribution >= 0.6 is 0 Å². The van der Waals surface area contributed by atoms with E-state index in [4.69, 9.17) is 10.5 Å². The smallest absolute Gasteiger partial charge is 0.153 e. The molecule has 0 saturated heterocycles. The maximum atomic E-state index is 12.0. The molecule has 1 aliphatic rings. The van der Waals surface area contributed by atoms with Gasteiger partial charge in [-0.3, -0.25) is 0 Å². The van der Waals surface area contributed by atoms with Crippen molar-refractivity contribution in [2.24, 2.45) is 5.73 Å². The Balaban J connectivity index is 2.54. The lowest BCUT2D eigenvalue weighted by atomic mass is 9.97. The van der Waals surface area contributed by atoms with Gasteiger partial charge in [0.15, 0.2) is 9.84 Å². The molecule has 5 heteroatoms. The Kier molecular flexibility index (Phi) is 5.21. The number of hydrogen-bond donors (Lipinski definition) is 1. The molecule has 0 bridgehead atoms. The largest absolute Gasteiger partial charge is 0.381 e. The van der Waals surface area contributed by atoms with E-state index in [2.05, 4.69) is 0 Å². The summed E-state index contributed by atoms with van der Waals surface area (Å²) in [4.78, 5) is 0. The second kappa shape index (κ2) is 5.98. The first-order valence-electron chi connectivity index (χ1n) is 5.95. The molecule has 0 aromatic heterocycles. The van der Waals surface area contributed by atoms with Gasteiger partial charge in [0.25, 0.3) is 0 Å². The number of sulfone groups is 1. The number of rotatable bonds is 5. The molecule has 0 heterocycles. The van der Waals surface area contributed by atoms with Gasteiger partial charge < -0.3 is 10.5 Å². The van der Waals surface area contributed by atoms with Crippen molar-refractivity contribution >= 4 is 9.84 Å². The van der Waals surface area contributed by atoms with Gasteiger partial charge in [0.2, 0.25) is 0 Å². The van der Waals surface area contributed by atoms with E-state index < -0.39 is 9.84 Å². The van der Waals surface area contributed by atoms with Gasteiger partial charge in [0, 0.05) is 13.2 Å². The molecule has 0 aromatic carbocycles. The molecule has 1 aliphatic carbocycles. The van der Waals surface area contributed by atoms with Crippen LogP contribution in [0.15, 0.2) is 0 Å². The monoisotopic (exact) mass is 249 g/mol. The van der Waals surface area contributed by atoms with Crippen molar-refractivity contribution in [1.29, 1.82) is 0 Å². The van der Waals surface area contributed by atoms with Gasteiger partial charge >= 0.3 is 0 Å². The lowest BCUT2D eigenvalue weighted by Crippen LogP contribution is -2.34. The van der Waals surface area contributed by atoms with Crippen LogP contribution in [-0.2, 0) is 14.6 Å². The van der Waals surface area contributed by atoms with Gasteiger partial charge in [-0.2, -0.15) is 0 Å². The second-order valence-corrected chi connectivity index (χ2v) is 7.18. The topological polar surface area (TPSA) is 69.4 Å². The Morgan fingerprint density at radius 1 is 1.44 bits per heavy atom. The number of ether oxygens (including phenoxy) is 1. The zero-order chi connectivity index (χ0) is 12.2. The van der Waals surface area contributed by atoms with Crippen LogP contribution in [0.25, 0.3) is 0 Å². The minimum absolute atomic E-state index is 0.0448. The van der Waals surface area contributed by atoms with E-state index in [-0.39, 0.29) is 23.1 Å². The van der Waals surface area contributed by atoms with E-state index in [1.165, 1.54) is 0 Å². The van der Waals surface area contributed by atoms with Gasteiger partial charge in [0.05, 0.1) is 17.1 Å². The highest BCUT2D eigenvalue weighted by atomic mass is 32.2. The molecule has 96 valence electrons. The summed E-state index contributed by atoms with van der Waals surface area (Å²) in [5.74, 6) is 0.214. The third kappa shape index (κ3) is 4.03. The van der Waals surface area contributed by atoms with E-state index in [0.29, 0.717) is 12.8 Å². The number of methoxy groups -OCH3 is 1. The Bertz CT molecular complexity index is 300. The molecule has 0 spiro atoms. The molecule has 0 aliphatic heterocycles. The zero-order valence-electron chi connectivity index (χ0n) is 10.2. The van der Waals surface area contributed by atoms with Gasteiger partial charge in [-0.05, 0) is 39.0 Å². The van der Waals surface area contributed by atoms with Crippen LogP contribution in [0.3, 0.4) is 0 Å². The fourth-order valence-electron chi connectivity index (χ4n) is 2.16. The van der Waals surface area contributed by atoms with Gasteiger partial charge in [0.1, 0.15) is 0 Å². The quantitative estimate of drug-likeness (QED) is 0.792. The molecule has 3 unspecified atom stereocenters. The molecular formula is C11H23NO3S. The molecular weight excluding hydrogens is 226 g/mol. The average molecular weight is 249 g/mol. The highest BCUT2D eigenvalue weighted by Gasteiger charge is 2.31. The summed E-state index contributed by atoms with van der Waals surface area (Å²) in [5.41, 5.74) is 5.59. The summed E-state index contributed by atoms with van der Waals surface area (Å²) >= 11 is 0. The highest BCUT2D eigenvalue weighted by molar-refractivity contribution is 7.92. The molecule has 1 fully saturated rings. The summed E-state index contributed by atoms with van der Waals surface area (Å²) in [5, 5.41) is -0.218. The van der Waals surface area contributed by atoms with E-state index in [0.717, 1.165) is 19.3 Å². The molecule has 2 N–H and O–H groups in total. The predicted octanol–water partition coefficient (Wildman–Crippen LogP) is 1.10. The van der Waals surface area contributed by atoms with Crippen LogP contribution in [0.2, 0.25) is 0 Å². The van der Waals surface area contributed by atoms with Crippen molar-refractivity contribution < 1.29 is 13.2 Å². The molecule has 4 nitrogen and oxygen atoms in total. The van der Waals surface area contributed by atoms with E-state index >= 15 is 0 Å². The summed E-state index contributed by atoms with van der Waals surface area (Å²) < 4.78 is 29.3. The maximum absolute atomic E-state index is 12.0. The van der Waals surface area contributed by atoms with Crippen LogP contribution in [0.4, 0.5) is 0 Å². The summed E-state index contributed by atoms with van der Waals surface area (Å²) in [7, 11) is -1.33. The van der Waals surface area contributed by atoms with Crippen molar-refractivity contribution in [3.8, 4) is 0 Å². The van der Waals surface area contributed by atoms with E-state index in [1.807, 2.05) is 6.92 Å². The molecule has 1 rings (SSSR count). The maximum Gasteiger partial charge on any atom is 0.153 e. The summed E-state index contributed by atoms with van der Waals surface area (Å²) in [6.45, 7) is 1.84. The number of hydrogen-bond acceptors (Lipinski definition) is 4. The average Bonchev–Trinajstić information content (AvgIpc) is 2.27. The molecule has 0 radical (unpaired) electrons. The fourth-order valence-corrected chi connectivity index (χ4v) is 4.23. The minimum atomic E-state index is -2.98. The predicted molar refractivity (Wildman–Crippen MR) is 65.1 cm³/mol. The minimum Gasteiger partial charge on any atom is -0.381 e. The van der Waals surface area contributed by atoms with Crippen molar-refractivity contribution in [1.82, 2.24) is 0 Å². The van der Waals surface area contributed by atoms with Crippen LogP contribution < -0.4 is 5.73 Å². The van der Waals surface area contributed by atoms with Gasteiger partial charge in [-0.15, -0.1) is 0 Å². The van der Waals surface area contributed by atoms with E-state index in [1.54, 1.807) is 7.11 Å². The molecule has 1 saturated carbocycles. The Morgan fingerprint density at radius 3 is 2.69 bits per heavy atom. The van der Waals surface area contributed by atoms with Gasteiger partial charge in [-0.25, -0.2) is 8.42 Å². The number of nitrogens with two attached hydrogens (primary N) is 1. The molecule has 0 aromatic rings. The van der Waals surface area contributed by atoms with Crippen molar-refractivity contribution in [3.63, 3.8) is 0 Å². The Labute approximate surface area is 98.5 Å². The lowest BCUT2D eigenvalue weighted by Gasteiger charge is -2.28. The van der Waals surface area contributed by atoms with Crippen LogP contribution in [0, 0.1) is 0 Å². The third-order valence-electron chi connectivity index (χ3n) is 3.28. The molecule has 16 heavy (non-hydrogen) atoms. The fraction of sp³-hybridized carbons (Fsp3) is 1.00. The third-order valence-corrected chi connectivity index (χ3v) is 5.53. The second-order valence-electron chi connectivity index (χ2n) is 4.78. The molecule has 3 atom stereocenters. The lowest BCUT2D eigenvalue weighted by molar-refractivity contribution is 0.0720. The first-order chi connectivity index (χ1) is 7.45. The SMILES string of the molecule is COC1CCCC(S(=O)(=O)CCC(C)N)C1. The summed E-state index contributed by atoms with van der Waals surface area (Å²) in [6, 6.07) is -0.0448. The van der Waals surface area contributed by atoms with Crippen molar-refractivity contribution in [3.05, 3.63) is 0 Å². The molecule has 0 amide bonds. The first-order valence-corrected chi connectivity index (χ1v) is 7.67. The Morgan fingerprint density at radius 2 is 2.12 bits per heavy atom. The first kappa shape index (κ1) is 13.9. The standard InChI is InChI=1S/C11H23NO3S/c1-9(12)6-7-16(13,14)11-5-3-4-10(8-11)15-2/h9-11H,3-8,12H2,1-2H3. The van der Waals surface area contributed by atoms with Crippen LogP contribution in [-0.4, -0.2) is 38.7 Å². The van der Waals surface area contributed by atoms with E-state index in [9.17, 15) is 8.42 Å². The normalized spacial score (nSPS) is 28.9. The summed E-state index contributed by atoms with van der Waals surface area (Å²) in [6.07, 6.45) is 4.02. The van der Waals surface area contributed by atoms with Crippen molar-refractivity contribution in [2.75, 3.05) is 12.9 Å². The van der Waals surface area contributed by atoms with Crippen LogP contribution in [0.1, 0.15) is 39.0 Å². The Hall–Kier alpha value is -0.130.